The van der Waals surface area contributed by atoms with E-state index in [2.05, 4.69) is 15.6 Å². The maximum Gasteiger partial charge on any atom is 0.416 e. The number of amides is 1. The van der Waals surface area contributed by atoms with Gasteiger partial charge in [-0.25, -0.2) is 4.99 Å². The van der Waals surface area contributed by atoms with Gasteiger partial charge in [-0.3, -0.25) is 10.1 Å². The molecule has 2 N–H and O–H groups in total. The summed E-state index contributed by atoms with van der Waals surface area (Å²) in [6.07, 6.45) is -1.06. The Bertz CT molecular complexity index is 875. The Morgan fingerprint density at radius 1 is 1.19 bits per heavy atom. The van der Waals surface area contributed by atoms with Gasteiger partial charge in [0.25, 0.3) is 5.91 Å². The fourth-order valence-electron chi connectivity index (χ4n) is 2.02. The number of nitrogens with one attached hydrogen (secondary N) is 2. The van der Waals surface area contributed by atoms with Gasteiger partial charge >= 0.3 is 6.18 Å². The Kier molecular flexibility index (Phi) is 6.25. The van der Waals surface area contributed by atoms with Gasteiger partial charge in [-0.2, -0.15) is 18.4 Å². The summed E-state index contributed by atoms with van der Waals surface area (Å²) in [5, 5.41) is 13.8. The van der Waals surface area contributed by atoms with Crippen LogP contribution < -0.4 is 10.6 Å². The third kappa shape index (κ3) is 5.00. The quantitative estimate of drug-likeness (QED) is 0.360. The minimum Gasteiger partial charge on any atom is -0.322 e. The molecule has 0 aromatic heterocycles. The summed E-state index contributed by atoms with van der Waals surface area (Å²) in [5.74, 6) is -0.610. The summed E-state index contributed by atoms with van der Waals surface area (Å²) in [6.45, 7) is 0. The highest BCUT2D eigenvalue weighted by molar-refractivity contribution is 8.13. The molecule has 5 nitrogen and oxygen atoms in total. The molecule has 0 radical (unpaired) electrons. The number of carbonyl (C=O) groups is 1. The molecule has 26 heavy (non-hydrogen) atoms. The number of nitriles is 1. The smallest absolute Gasteiger partial charge is 0.322 e. The van der Waals surface area contributed by atoms with E-state index in [4.69, 9.17) is 5.26 Å². The number of amidine groups is 1. The first kappa shape index (κ1) is 19.3. The molecule has 9 heteroatoms. The predicted molar refractivity (Wildman–Crippen MR) is 95.2 cm³/mol. The minimum absolute atomic E-state index is 0.0175. The van der Waals surface area contributed by atoms with Gasteiger partial charge in [0, 0.05) is 5.69 Å². The van der Waals surface area contributed by atoms with Gasteiger partial charge < -0.3 is 5.32 Å². The number of alkyl halides is 3. The molecular weight excluding hydrogens is 365 g/mol. The van der Waals surface area contributed by atoms with E-state index in [-0.39, 0.29) is 22.1 Å². The van der Waals surface area contributed by atoms with E-state index < -0.39 is 17.6 Å². The van der Waals surface area contributed by atoms with Crippen LogP contribution >= 0.6 is 11.8 Å². The van der Waals surface area contributed by atoms with E-state index in [0.29, 0.717) is 0 Å². The zero-order chi connectivity index (χ0) is 19.2. The number of hydrogen-bond donors (Lipinski definition) is 2. The molecule has 0 bridgehead atoms. The number of hydrogen-bond acceptors (Lipinski definition) is 4. The maximum absolute atomic E-state index is 12.8. The topological polar surface area (TPSA) is 77.3 Å². The van der Waals surface area contributed by atoms with Gasteiger partial charge in [0.1, 0.15) is 0 Å². The van der Waals surface area contributed by atoms with Gasteiger partial charge in [0.2, 0.25) is 0 Å². The van der Waals surface area contributed by atoms with Crippen molar-refractivity contribution in [2.45, 2.75) is 6.18 Å². The number of benzene rings is 2. The van der Waals surface area contributed by atoms with Crippen molar-refractivity contribution < 1.29 is 18.0 Å². The third-order valence-corrected chi connectivity index (χ3v) is 3.75. The number of aliphatic imine (C=N–C) groups is 1. The van der Waals surface area contributed by atoms with E-state index in [0.717, 1.165) is 12.1 Å². The molecule has 0 saturated carbocycles. The molecule has 2 rings (SSSR count). The van der Waals surface area contributed by atoms with Crippen molar-refractivity contribution in [3.63, 3.8) is 0 Å². The van der Waals surface area contributed by atoms with Gasteiger partial charge in [0.15, 0.2) is 11.4 Å². The van der Waals surface area contributed by atoms with Gasteiger partial charge in [0.05, 0.1) is 16.8 Å². The Morgan fingerprint density at radius 2 is 1.92 bits per heavy atom. The Labute approximate surface area is 151 Å². The van der Waals surface area contributed by atoms with Crippen LogP contribution in [0.2, 0.25) is 0 Å². The standard InChI is InChI=1S/C17H13F3N4OS/c1-26-16(22-10-21)24-14-8-3-2-7-13(14)15(25)23-12-6-4-5-11(9-12)17(18,19)20/h2-9H,1H3,(H,22,24)(H,23,25). The molecule has 0 aliphatic carbocycles. The van der Waals surface area contributed by atoms with Gasteiger partial charge in [-0.1, -0.05) is 30.0 Å². The van der Waals surface area contributed by atoms with Gasteiger partial charge in [-0.05, 0) is 36.6 Å². The number of halogens is 3. The van der Waals surface area contributed by atoms with Crippen molar-refractivity contribution >= 4 is 34.2 Å². The van der Waals surface area contributed by atoms with Crippen molar-refractivity contribution in [2.75, 3.05) is 11.6 Å². The van der Waals surface area contributed by atoms with E-state index in [1.807, 2.05) is 0 Å². The second-order valence-corrected chi connectivity index (χ2v) is 5.70. The van der Waals surface area contributed by atoms with E-state index in [9.17, 15) is 18.0 Å². The summed E-state index contributed by atoms with van der Waals surface area (Å²) in [4.78, 5) is 16.7. The van der Waals surface area contributed by atoms with Crippen molar-refractivity contribution in [3.05, 3.63) is 59.7 Å². The second kappa shape index (κ2) is 8.40. The molecule has 1 amide bonds. The molecule has 0 heterocycles. The first-order chi connectivity index (χ1) is 12.3. The lowest BCUT2D eigenvalue weighted by atomic mass is 10.1. The van der Waals surface area contributed by atoms with Crippen LogP contribution in [-0.4, -0.2) is 17.3 Å². The largest absolute Gasteiger partial charge is 0.416 e. The van der Waals surface area contributed by atoms with Crippen LogP contribution in [0.5, 0.6) is 0 Å². The molecule has 0 atom stereocenters. The fourth-order valence-corrected chi connectivity index (χ4v) is 2.35. The molecule has 2 aromatic rings. The second-order valence-electron chi connectivity index (χ2n) is 4.91. The van der Waals surface area contributed by atoms with Crippen molar-refractivity contribution in [1.29, 1.82) is 5.26 Å². The highest BCUT2D eigenvalue weighted by Crippen LogP contribution is 2.31. The van der Waals surface area contributed by atoms with Crippen LogP contribution in [0.4, 0.5) is 24.5 Å². The lowest BCUT2D eigenvalue weighted by Gasteiger charge is -2.11. The Balaban J connectivity index is 2.30. The highest BCUT2D eigenvalue weighted by atomic mass is 32.2. The normalized spacial score (nSPS) is 11.6. The van der Waals surface area contributed by atoms with Crippen molar-refractivity contribution in [2.24, 2.45) is 4.99 Å². The van der Waals surface area contributed by atoms with E-state index in [1.54, 1.807) is 30.6 Å². The van der Waals surface area contributed by atoms with Crippen molar-refractivity contribution in [3.8, 4) is 6.19 Å². The first-order valence-corrected chi connectivity index (χ1v) is 8.43. The number of rotatable bonds is 3. The zero-order valence-electron chi connectivity index (χ0n) is 13.5. The molecule has 0 unspecified atom stereocenters. The minimum atomic E-state index is -4.50. The number of thioether (sulfide) groups is 1. The van der Waals surface area contributed by atoms with E-state index in [1.165, 1.54) is 30.0 Å². The third-order valence-electron chi connectivity index (χ3n) is 3.17. The lowest BCUT2D eigenvalue weighted by molar-refractivity contribution is -0.137. The van der Waals surface area contributed by atoms with Crippen LogP contribution in [0.25, 0.3) is 0 Å². The molecule has 134 valence electrons. The van der Waals surface area contributed by atoms with Crippen LogP contribution in [-0.2, 0) is 6.18 Å². The molecule has 0 aliphatic rings. The number of carbonyl (C=O) groups excluding carboxylic acids is 1. The molecular formula is C17H13F3N4OS. The Hall–Kier alpha value is -2.99. The molecule has 0 fully saturated rings. The summed E-state index contributed by atoms with van der Waals surface area (Å²) >= 11 is 1.18. The molecule has 2 aromatic carbocycles. The van der Waals surface area contributed by atoms with E-state index >= 15 is 0 Å². The van der Waals surface area contributed by atoms with Crippen LogP contribution in [0.15, 0.2) is 53.5 Å². The SMILES string of the molecule is CSC(=Nc1ccccc1C(=O)Nc1cccc(C(F)(F)F)c1)NC#N. The number of para-hydroxylation sites is 1. The summed E-state index contributed by atoms with van der Waals surface area (Å²) in [5.41, 5.74) is -0.395. The van der Waals surface area contributed by atoms with Crippen LogP contribution in [0.1, 0.15) is 15.9 Å². The zero-order valence-corrected chi connectivity index (χ0v) is 14.3. The summed E-state index contributed by atoms with van der Waals surface area (Å²) in [7, 11) is 0. The lowest BCUT2D eigenvalue weighted by Crippen LogP contribution is -2.15. The average molecular weight is 378 g/mol. The highest BCUT2D eigenvalue weighted by Gasteiger charge is 2.30. The maximum atomic E-state index is 12.8. The fraction of sp³-hybridized carbons (Fsp3) is 0.118. The monoisotopic (exact) mass is 378 g/mol. The predicted octanol–water partition coefficient (Wildman–Crippen LogP) is 4.38. The van der Waals surface area contributed by atoms with Gasteiger partial charge in [-0.15, -0.1) is 0 Å². The molecule has 0 spiro atoms. The summed E-state index contributed by atoms with van der Waals surface area (Å²) in [6, 6.07) is 10.7. The van der Waals surface area contributed by atoms with Crippen LogP contribution in [0.3, 0.4) is 0 Å². The number of nitrogens with zero attached hydrogens (tertiary/aromatic N) is 2. The first-order valence-electron chi connectivity index (χ1n) is 7.20. The molecule has 0 aliphatic heterocycles. The summed E-state index contributed by atoms with van der Waals surface area (Å²) < 4.78 is 38.3. The average Bonchev–Trinajstić information content (AvgIpc) is 2.61. The van der Waals surface area contributed by atoms with Crippen LogP contribution in [0, 0.1) is 11.5 Å². The molecule has 0 saturated heterocycles. The number of anilines is 1. The Morgan fingerprint density at radius 3 is 2.58 bits per heavy atom. The van der Waals surface area contributed by atoms with Crippen molar-refractivity contribution in [1.82, 2.24) is 5.32 Å².